The monoisotopic (exact) mass is 419 g/mol. The van der Waals surface area contributed by atoms with Crippen LogP contribution >= 0.6 is 0 Å². The zero-order valence-corrected chi connectivity index (χ0v) is 16.3. The van der Waals surface area contributed by atoms with E-state index in [1.54, 1.807) is 0 Å². The Hall–Kier alpha value is -3.20. The highest BCUT2D eigenvalue weighted by Gasteiger charge is 2.30. The fraction of sp³-hybridized carbons (Fsp3) is 0.286. The van der Waals surface area contributed by atoms with E-state index in [4.69, 9.17) is 5.21 Å². The molecule has 0 saturated carbocycles. The number of benzene rings is 2. The Kier molecular flexibility index (Phi) is 5.93. The SMILES string of the molecule is CC(C)Cc1nc2cc(C(=O)NO)ccc2c(=O)n1Cc1ccc(C(F)(F)F)cc1. The number of carbonyl (C=O) groups is 1. The quantitative estimate of drug-likeness (QED) is 0.487. The predicted molar refractivity (Wildman–Crippen MR) is 104 cm³/mol. The van der Waals surface area contributed by atoms with Crippen molar-refractivity contribution in [2.24, 2.45) is 5.92 Å². The lowest BCUT2D eigenvalue weighted by atomic mass is 10.1. The van der Waals surface area contributed by atoms with Crippen molar-refractivity contribution in [3.8, 4) is 0 Å². The number of amides is 1. The van der Waals surface area contributed by atoms with Crippen molar-refractivity contribution in [2.75, 3.05) is 0 Å². The van der Waals surface area contributed by atoms with Crippen LogP contribution in [0.3, 0.4) is 0 Å². The first-order valence-corrected chi connectivity index (χ1v) is 9.24. The number of nitrogens with one attached hydrogen (secondary N) is 1. The molecule has 9 heteroatoms. The van der Waals surface area contributed by atoms with Crippen molar-refractivity contribution < 1.29 is 23.2 Å². The van der Waals surface area contributed by atoms with Crippen LogP contribution in [0.2, 0.25) is 0 Å². The lowest BCUT2D eigenvalue weighted by Gasteiger charge is -2.16. The van der Waals surface area contributed by atoms with Gasteiger partial charge in [-0.1, -0.05) is 26.0 Å². The molecule has 1 heterocycles. The summed E-state index contributed by atoms with van der Waals surface area (Å²) in [7, 11) is 0. The third-order valence-electron chi connectivity index (χ3n) is 4.61. The average molecular weight is 419 g/mol. The zero-order chi connectivity index (χ0) is 22.1. The minimum atomic E-state index is -4.43. The Balaban J connectivity index is 2.09. The summed E-state index contributed by atoms with van der Waals surface area (Å²) >= 11 is 0. The highest BCUT2D eigenvalue weighted by molar-refractivity contribution is 5.96. The van der Waals surface area contributed by atoms with Gasteiger partial charge in [0, 0.05) is 12.0 Å². The fourth-order valence-corrected chi connectivity index (χ4v) is 3.14. The molecule has 3 rings (SSSR count). The predicted octanol–water partition coefficient (Wildman–Crippen LogP) is 3.78. The molecule has 6 nitrogen and oxygen atoms in total. The molecule has 0 radical (unpaired) electrons. The maximum atomic E-state index is 13.1. The number of rotatable bonds is 5. The second-order valence-electron chi connectivity index (χ2n) is 7.38. The lowest BCUT2D eigenvalue weighted by molar-refractivity contribution is -0.137. The molecule has 1 aromatic heterocycles. The van der Waals surface area contributed by atoms with E-state index in [1.165, 1.54) is 40.4 Å². The normalized spacial score (nSPS) is 11.8. The number of hydrogen-bond acceptors (Lipinski definition) is 4. The number of hydroxylamine groups is 1. The third kappa shape index (κ3) is 4.51. The first-order chi connectivity index (χ1) is 14.1. The van der Waals surface area contributed by atoms with Crippen molar-refractivity contribution in [2.45, 2.75) is 33.0 Å². The van der Waals surface area contributed by atoms with Crippen LogP contribution < -0.4 is 11.0 Å². The molecule has 0 unspecified atom stereocenters. The van der Waals surface area contributed by atoms with Crippen molar-refractivity contribution in [3.63, 3.8) is 0 Å². The molecule has 158 valence electrons. The minimum Gasteiger partial charge on any atom is -0.292 e. The van der Waals surface area contributed by atoms with Gasteiger partial charge in [-0.15, -0.1) is 0 Å². The fourth-order valence-electron chi connectivity index (χ4n) is 3.14. The maximum absolute atomic E-state index is 13.1. The molecular weight excluding hydrogens is 399 g/mol. The molecule has 0 fully saturated rings. The van der Waals surface area contributed by atoms with Crippen molar-refractivity contribution >= 4 is 16.8 Å². The molecule has 0 spiro atoms. The summed E-state index contributed by atoms with van der Waals surface area (Å²) in [6.07, 6.45) is -3.97. The van der Waals surface area contributed by atoms with Crippen LogP contribution in [0.15, 0.2) is 47.3 Å². The van der Waals surface area contributed by atoms with Crippen LogP contribution in [-0.2, 0) is 19.1 Å². The number of carbonyl (C=O) groups excluding carboxylic acids is 1. The summed E-state index contributed by atoms with van der Waals surface area (Å²) in [5.74, 6) is -0.0980. The van der Waals surface area contributed by atoms with E-state index < -0.39 is 17.6 Å². The Bertz CT molecular complexity index is 1140. The van der Waals surface area contributed by atoms with Gasteiger partial charge in [0.2, 0.25) is 0 Å². The molecule has 0 atom stereocenters. The number of aromatic nitrogens is 2. The smallest absolute Gasteiger partial charge is 0.292 e. The van der Waals surface area contributed by atoms with Gasteiger partial charge in [0.15, 0.2) is 0 Å². The minimum absolute atomic E-state index is 0.0703. The second-order valence-corrected chi connectivity index (χ2v) is 7.38. The summed E-state index contributed by atoms with van der Waals surface area (Å²) in [6, 6.07) is 8.89. The standard InChI is InChI=1S/C21H20F3N3O3/c1-12(2)9-18-25-17-10-14(19(28)26-30)5-8-16(17)20(29)27(18)11-13-3-6-15(7-4-13)21(22,23)24/h3-8,10,12,30H,9,11H2,1-2H3,(H,26,28). The zero-order valence-electron chi connectivity index (χ0n) is 16.3. The van der Waals surface area contributed by atoms with Crippen LogP contribution in [0.5, 0.6) is 0 Å². The molecule has 0 aliphatic heterocycles. The Labute approximate surface area is 169 Å². The number of halogens is 3. The van der Waals surface area contributed by atoms with Crippen molar-refractivity contribution in [1.29, 1.82) is 0 Å². The van der Waals surface area contributed by atoms with Gasteiger partial charge in [-0.3, -0.25) is 19.4 Å². The Morgan fingerprint density at radius 3 is 2.40 bits per heavy atom. The number of hydrogen-bond donors (Lipinski definition) is 2. The number of fused-ring (bicyclic) bond motifs is 1. The first kappa shape index (κ1) is 21.5. The Morgan fingerprint density at radius 2 is 1.83 bits per heavy atom. The van der Waals surface area contributed by atoms with E-state index in [-0.39, 0.29) is 29.0 Å². The van der Waals surface area contributed by atoms with Gasteiger partial charge < -0.3 is 0 Å². The highest BCUT2D eigenvalue weighted by atomic mass is 19.4. The summed E-state index contributed by atoms with van der Waals surface area (Å²) < 4.78 is 39.8. The molecule has 0 aliphatic carbocycles. The van der Waals surface area contributed by atoms with E-state index in [0.717, 1.165) is 12.1 Å². The summed E-state index contributed by atoms with van der Waals surface area (Å²) in [5, 5.41) is 9.08. The topological polar surface area (TPSA) is 84.2 Å². The van der Waals surface area contributed by atoms with Gasteiger partial charge >= 0.3 is 6.18 Å². The van der Waals surface area contributed by atoms with Gasteiger partial charge in [-0.05, 0) is 41.8 Å². The molecule has 0 saturated heterocycles. The average Bonchev–Trinajstić information content (AvgIpc) is 2.69. The second kappa shape index (κ2) is 8.27. The number of alkyl halides is 3. The van der Waals surface area contributed by atoms with E-state index >= 15 is 0 Å². The van der Waals surface area contributed by atoms with E-state index in [9.17, 15) is 22.8 Å². The largest absolute Gasteiger partial charge is 0.416 e. The first-order valence-electron chi connectivity index (χ1n) is 9.24. The molecule has 0 aliphatic rings. The molecule has 30 heavy (non-hydrogen) atoms. The van der Waals surface area contributed by atoms with Gasteiger partial charge in [0.1, 0.15) is 5.82 Å². The number of nitrogens with zero attached hydrogens (tertiary/aromatic N) is 2. The van der Waals surface area contributed by atoms with Crippen LogP contribution in [0.25, 0.3) is 10.9 Å². The summed E-state index contributed by atoms with van der Waals surface area (Å²) in [5.41, 5.74) is 1.41. The van der Waals surface area contributed by atoms with Gasteiger partial charge in [0.25, 0.3) is 11.5 Å². The van der Waals surface area contributed by atoms with Crippen LogP contribution in [0.1, 0.15) is 41.2 Å². The Morgan fingerprint density at radius 1 is 1.17 bits per heavy atom. The molecule has 2 N–H and O–H groups in total. The van der Waals surface area contributed by atoms with Crippen LogP contribution in [0, 0.1) is 5.92 Å². The van der Waals surface area contributed by atoms with E-state index in [0.29, 0.717) is 23.3 Å². The van der Waals surface area contributed by atoms with Crippen molar-refractivity contribution in [3.05, 3.63) is 75.3 Å². The van der Waals surface area contributed by atoms with E-state index in [1.807, 2.05) is 13.8 Å². The third-order valence-corrected chi connectivity index (χ3v) is 4.61. The maximum Gasteiger partial charge on any atom is 0.416 e. The molecular formula is C21H20F3N3O3. The molecule has 1 amide bonds. The highest BCUT2D eigenvalue weighted by Crippen LogP contribution is 2.29. The van der Waals surface area contributed by atoms with Gasteiger partial charge in [-0.25, -0.2) is 10.5 Å². The molecule has 3 aromatic rings. The van der Waals surface area contributed by atoms with Gasteiger partial charge in [-0.2, -0.15) is 13.2 Å². The van der Waals surface area contributed by atoms with E-state index in [2.05, 4.69) is 4.98 Å². The molecule has 0 bridgehead atoms. The van der Waals surface area contributed by atoms with Crippen LogP contribution in [-0.4, -0.2) is 20.7 Å². The van der Waals surface area contributed by atoms with Crippen molar-refractivity contribution in [1.82, 2.24) is 15.0 Å². The lowest BCUT2D eigenvalue weighted by Crippen LogP contribution is -2.27. The van der Waals surface area contributed by atoms with Crippen LogP contribution in [0.4, 0.5) is 13.2 Å². The van der Waals surface area contributed by atoms with Gasteiger partial charge in [0.05, 0.1) is 23.0 Å². The molecule has 2 aromatic carbocycles. The summed E-state index contributed by atoms with van der Waals surface area (Å²) in [6.45, 7) is 3.98. The summed E-state index contributed by atoms with van der Waals surface area (Å²) in [4.78, 5) is 29.3.